The van der Waals surface area contributed by atoms with Crippen LogP contribution >= 0.6 is 0 Å². The topological polar surface area (TPSA) is 96.7 Å². The minimum absolute atomic E-state index is 0.0698. The van der Waals surface area contributed by atoms with Crippen LogP contribution in [0.2, 0.25) is 0 Å². The molecule has 1 aromatic carbocycles. The van der Waals surface area contributed by atoms with Crippen molar-refractivity contribution in [1.82, 2.24) is 15.2 Å². The molecule has 1 saturated carbocycles. The van der Waals surface area contributed by atoms with E-state index in [0.717, 1.165) is 24.2 Å². The average molecular weight is 330 g/mol. The molecular weight excluding hydrogens is 312 g/mol. The van der Waals surface area contributed by atoms with E-state index in [1.165, 1.54) is 12.0 Å². The Kier molecular flexibility index (Phi) is 3.51. The highest BCUT2D eigenvalue weighted by Gasteiger charge is 2.32. The first-order valence-corrected chi connectivity index (χ1v) is 7.93. The molecule has 2 aliphatic rings. The maximum Gasteiger partial charge on any atom is 0.409 e. The van der Waals surface area contributed by atoms with E-state index in [2.05, 4.69) is 20.4 Å². The Labute approximate surface area is 138 Å². The number of methoxy groups -OCH3 is 1. The van der Waals surface area contributed by atoms with Crippen molar-refractivity contribution < 1.29 is 18.7 Å². The maximum atomic E-state index is 12.0. The Bertz CT molecular complexity index is 792. The van der Waals surface area contributed by atoms with Gasteiger partial charge in [0, 0.05) is 30.8 Å². The summed E-state index contributed by atoms with van der Waals surface area (Å²) >= 11 is 0. The highest BCUT2D eigenvalue weighted by molar-refractivity contribution is 5.91. The fourth-order valence-corrected chi connectivity index (χ4v) is 2.73. The van der Waals surface area contributed by atoms with Gasteiger partial charge in [-0.05, 0) is 25.0 Å². The van der Waals surface area contributed by atoms with Gasteiger partial charge in [0.05, 0.1) is 13.2 Å². The first-order valence-electron chi connectivity index (χ1n) is 7.93. The number of nitrogens with zero attached hydrogens (tertiary/aromatic N) is 2. The molecule has 1 aromatic heterocycles. The van der Waals surface area contributed by atoms with Crippen LogP contribution in [0.4, 0.5) is 15.3 Å². The van der Waals surface area contributed by atoms with E-state index < -0.39 is 0 Å². The van der Waals surface area contributed by atoms with Crippen LogP contribution in [0.25, 0.3) is 11.1 Å². The third-order valence-electron chi connectivity index (χ3n) is 4.24. The van der Waals surface area contributed by atoms with Gasteiger partial charge in [-0.15, -0.1) is 0 Å². The number of carbonyl (C=O) groups excluding carboxylic acids is 2. The molecule has 2 aromatic rings. The van der Waals surface area contributed by atoms with E-state index in [4.69, 9.17) is 4.42 Å². The first kappa shape index (κ1) is 14.8. The van der Waals surface area contributed by atoms with Gasteiger partial charge < -0.3 is 24.7 Å². The molecule has 0 unspecified atom stereocenters. The number of ether oxygens (including phenoxy) is 1. The summed E-state index contributed by atoms with van der Waals surface area (Å²) in [6.45, 7) is 0.901. The minimum atomic E-state index is -0.379. The Morgan fingerprint density at radius 3 is 2.83 bits per heavy atom. The summed E-state index contributed by atoms with van der Waals surface area (Å²) in [6.07, 6.45) is 1.88. The predicted molar refractivity (Wildman–Crippen MR) is 85.9 cm³/mol. The summed E-state index contributed by atoms with van der Waals surface area (Å²) in [5.74, 6) is 1.23. The summed E-state index contributed by atoms with van der Waals surface area (Å²) < 4.78 is 10.3. The lowest BCUT2D eigenvalue weighted by atomic mass is 10.1. The number of aromatic nitrogens is 1. The summed E-state index contributed by atoms with van der Waals surface area (Å²) in [4.78, 5) is 29.2. The third-order valence-corrected chi connectivity index (χ3v) is 4.24. The quantitative estimate of drug-likeness (QED) is 0.900. The normalized spacial score (nSPS) is 17.5. The second-order valence-corrected chi connectivity index (χ2v) is 6.18. The molecule has 0 radical (unpaired) electrons. The minimum Gasteiger partial charge on any atom is -0.453 e. The average Bonchev–Trinajstić information content (AvgIpc) is 3.29. The molecule has 3 amide bonds. The molecule has 4 rings (SSSR count). The van der Waals surface area contributed by atoms with Crippen LogP contribution in [0.1, 0.15) is 24.7 Å². The number of hydrogen-bond acceptors (Lipinski definition) is 5. The zero-order valence-corrected chi connectivity index (χ0v) is 13.2. The van der Waals surface area contributed by atoms with Crippen LogP contribution < -0.4 is 10.6 Å². The number of amides is 3. The maximum absolute atomic E-state index is 12.0. The molecule has 1 aliphatic heterocycles. The number of carbonyl (C=O) groups is 2. The van der Waals surface area contributed by atoms with Gasteiger partial charge in [0.2, 0.25) is 0 Å². The summed E-state index contributed by atoms with van der Waals surface area (Å²) in [5.41, 5.74) is 2.12. The standard InChI is InChI=1S/C16H18N4O4/c1-23-16(22)20-7-11(8-20)18-15(21)17-10-4-5-12-13(6-10)24-14(19-12)9-2-3-9/h4-6,9,11H,2-3,7-8H2,1H3,(H2,17,18,21). The van der Waals surface area contributed by atoms with Crippen molar-refractivity contribution in [2.24, 2.45) is 0 Å². The second-order valence-electron chi connectivity index (χ2n) is 6.18. The zero-order chi connectivity index (χ0) is 16.7. The molecule has 0 bridgehead atoms. The number of fused-ring (bicyclic) bond motifs is 1. The lowest BCUT2D eigenvalue weighted by Gasteiger charge is -2.38. The molecule has 8 heteroatoms. The van der Waals surface area contributed by atoms with E-state index in [9.17, 15) is 9.59 Å². The smallest absolute Gasteiger partial charge is 0.409 e. The van der Waals surface area contributed by atoms with Gasteiger partial charge in [0.1, 0.15) is 5.52 Å². The van der Waals surface area contributed by atoms with Crippen LogP contribution in [0, 0.1) is 0 Å². The van der Waals surface area contributed by atoms with Crippen LogP contribution in [-0.2, 0) is 4.74 Å². The molecule has 2 fully saturated rings. The second kappa shape index (κ2) is 5.70. The van der Waals surface area contributed by atoms with Crippen LogP contribution in [-0.4, -0.2) is 48.2 Å². The first-order chi connectivity index (χ1) is 11.6. The fourth-order valence-electron chi connectivity index (χ4n) is 2.73. The summed E-state index contributed by atoms with van der Waals surface area (Å²) in [6, 6.07) is 5.02. The fraction of sp³-hybridized carbons (Fsp3) is 0.438. The van der Waals surface area contributed by atoms with E-state index >= 15 is 0 Å². The van der Waals surface area contributed by atoms with Gasteiger partial charge in [-0.2, -0.15) is 0 Å². The molecule has 24 heavy (non-hydrogen) atoms. The summed E-state index contributed by atoms with van der Waals surface area (Å²) in [7, 11) is 1.34. The van der Waals surface area contributed by atoms with Gasteiger partial charge in [0.15, 0.2) is 11.5 Å². The number of likely N-dealkylation sites (tertiary alicyclic amines) is 1. The highest BCUT2D eigenvalue weighted by atomic mass is 16.5. The molecule has 2 heterocycles. The van der Waals surface area contributed by atoms with E-state index in [1.54, 1.807) is 12.1 Å². The SMILES string of the molecule is COC(=O)N1CC(NC(=O)Nc2ccc3nc(C4CC4)oc3c2)C1. The molecule has 1 saturated heterocycles. The number of benzene rings is 1. The van der Waals surface area contributed by atoms with Gasteiger partial charge >= 0.3 is 12.1 Å². The monoisotopic (exact) mass is 330 g/mol. The van der Waals surface area contributed by atoms with Crippen LogP contribution in [0.3, 0.4) is 0 Å². The van der Waals surface area contributed by atoms with Crippen LogP contribution in [0.5, 0.6) is 0 Å². The Hall–Kier alpha value is -2.77. The molecule has 1 aliphatic carbocycles. The van der Waals surface area contributed by atoms with Gasteiger partial charge in [-0.25, -0.2) is 14.6 Å². The van der Waals surface area contributed by atoms with Gasteiger partial charge in [-0.1, -0.05) is 0 Å². The predicted octanol–water partition coefficient (Wildman–Crippen LogP) is 2.28. The van der Waals surface area contributed by atoms with Crippen molar-refractivity contribution in [3.63, 3.8) is 0 Å². The summed E-state index contributed by atoms with van der Waals surface area (Å²) in [5, 5.41) is 5.58. The van der Waals surface area contributed by atoms with E-state index in [-0.39, 0.29) is 18.2 Å². The lowest BCUT2D eigenvalue weighted by Crippen LogP contribution is -2.61. The Balaban J connectivity index is 1.34. The van der Waals surface area contributed by atoms with Crippen molar-refractivity contribution in [3.05, 3.63) is 24.1 Å². The van der Waals surface area contributed by atoms with E-state index in [1.807, 2.05) is 6.07 Å². The van der Waals surface area contributed by atoms with Crippen molar-refractivity contribution in [1.29, 1.82) is 0 Å². The van der Waals surface area contributed by atoms with Gasteiger partial charge in [0.25, 0.3) is 0 Å². The lowest BCUT2D eigenvalue weighted by molar-refractivity contribution is 0.0829. The Morgan fingerprint density at radius 2 is 2.12 bits per heavy atom. The number of hydrogen-bond donors (Lipinski definition) is 2. The number of oxazole rings is 1. The molecule has 126 valence electrons. The van der Waals surface area contributed by atoms with E-state index in [0.29, 0.717) is 30.3 Å². The van der Waals surface area contributed by atoms with Crippen LogP contribution in [0.15, 0.2) is 22.6 Å². The van der Waals surface area contributed by atoms with Crippen molar-refractivity contribution in [2.75, 3.05) is 25.5 Å². The van der Waals surface area contributed by atoms with Crippen molar-refractivity contribution in [3.8, 4) is 0 Å². The highest BCUT2D eigenvalue weighted by Crippen LogP contribution is 2.40. The number of nitrogens with one attached hydrogen (secondary N) is 2. The molecule has 0 atom stereocenters. The van der Waals surface area contributed by atoms with Crippen molar-refractivity contribution >= 4 is 28.9 Å². The third kappa shape index (κ3) is 2.86. The zero-order valence-electron chi connectivity index (χ0n) is 13.2. The number of rotatable bonds is 3. The Morgan fingerprint density at radius 1 is 1.33 bits per heavy atom. The van der Waals surface area contributed by atoms with Crippen molar-refractivity contribution in [2.45, 2.75) is 24.8 Å². The molecule has 2 N–H and O–H groups in total. The number of anilines is 1. The molecule has 0 spiro atoms. The largest absolute Gasteiger partial charge is 0.453 e. The molecular formula is C16H18N4O4. The van der Waals surface area contributed by atoms with Gasteiger partial charge in [-0.3, -0.25) is 0 Å². The molecule has 8 nitrogen and oxygen atoms in total. The number of urea groups is 1.